The van der Waals surface area contributed by atoms with Crippen molar-refractivity contribution in [1.82, 2.24) is 0 Å². The van der Waals surface area contributed by atoms with Crippen LogP contribution >= 0.6 is 11.8 Å². The van der Waals surface area contributed by atoms with Gasteiger partial charge in [0.25, 0.3) is 0 Å². The minimum absolute atomic E-state index is 0.406. The molecule has 2 aromatic rings. The Kier molecular flexibility index (Phi) is 5.49. The van der Waals surface area contributed by atoms with Gasteiger partial charge in [0, 0.05) is 15.7 Å². The average molecular weight is 313 g/mol. The van der Waals surface area contributed by atoms with E-state index in [4.69, 9.17) is 0 Å². The summed E-state index contributed by atoms with van der Waals surface area (Å²) in [6.07, 6.45) is 2.13. The second kappa shape index (κ2) is 7.14. The van der Waals surface area contributed by atoms with Gasteiger partial charge in [-0.2, -0.15) is 0 Å². The van der Waals surface area contributed by atoms with Gasteiger partial charge in [0.2, 0.25) is 0 Å². The molecule has 2 atom stereocenters. The zero-order valence-electron chi connectivity index (χ0n) is 13.1. The van der Waals surface area contributed by atoms with Crippen LogP contribution in [0.15, 0.2) is 78.2 Å². The predicted octanol–water partition coefficient (Wildman–Crippen LogP) is 5.99. The summed E-state index contributed by atoms with van der Waals surface area (Å²) < 4.78 is 0. The normalized spacial score (nSPS) is 14.4. The van der Waals surface area contributed by atoms with E-state index < -0.39 is 8.07 Å². The molecule has 0 heterocycles. The first-order valence-corrected chi connectivity index (χ1v) is 11.9. The van der Waals surface area contributed by atoms with E-state index in [9.17, 15) is 0 Å². The van der Waals surface area contributed by atoms with Crippen LogP contribution in [0.5, 0.6) is 0 Å². The van der Waals surface area contributed by atoms with E-state index in [-0.39, 0.29) is 0 Å². The molecule has 0 aliphatic carbocycles. The zero-order chi connectivity index (χ0) is 15.3. The van der Waals surface area contributed by atoms with Crippen LogP contribution in [-0.2, 0) is 0 Å². The summed E-state index contributed by atoms with van der Waals surface area (Å²) in [4.78, 5) is 1.94. The number of allylic oxidation sites excluding steroid dienone is 1. The third kappa shape index (κ3) is 4.35. The highest BCUT2D eigenvalue weighted by Crippen LogP contribution is 2.39. The maximum atomic E-state index is 4.12. The Bertz CT molecular complexity index is 557. The molecule has 0 aliphatic rings. The third-order valence-corrected chi connectivity index (χ3v) is 9.26. The first kappa shape index (κ1) is 16.1. The number of thioether (sulfide) groups is 1. The maximum Gasteiger partial charge on any atom is 0.0603 e. The second-order valence-electron chi connectivity index (χ2n) is 6.39. The van der Waals surface area contributed by atoms with E-state index in [2.05, 4.69) is 93.0 Å². The molecule has 0 spiro atoms. The summed E-state index contributed by atoms with van der Waals surface area (Å²) in [7, 11) is -1.34. The van der Waals surface area contributed by atoms with Crippen molar-refractivity contribution in [3.63, 3.8) is 0 Å². The molecule has 2 heteroatoms. The highest BCUT2D eigenvalue weighted by atomic mass is 32.2. The molecular weight excluding hydrogens is 288 g/mol. The molecule has 0 aromatic heterocycles. The lowest BCUT2D eigenvalue weighted by molar-refractivity contribution is 0.910. The van der Waals surface area contributed by atoms with Crippen LogP contribution in [0.25, 0.3) is 0 Å². The number of hydrogen-bond acceptors (Lipinski definition) is 1. The van der Waals surface area contributed by atoms with E-state index >= 15 is 0 Å². The van der Waals surface area contributed by atoms with Crippen molar-refractivity contribution in [2.45, 2.75) is 35.3 Å². The van der Waals surface area contributed by atoms with Crippen molar-refractivity contribution in [3.05, 3.63) is 78.9 Å². The van der Waals surface area contributed by atoms with Crippen LogP contribution in [-0.4, -0.2) is 12.9 Å². The largest absolute Gasteiger partial charge is 0.125 e. The van der Waals surface area contributed by atoms with E-state index in [1.165, 1.54) is 10.5 Å². The summed E-state index contributed by atoms with van der Waals surface area (Å²) in [5.74, 6) is 0.406. The molecule has 0 bridgehead atoms. The van der Waals surface area contributed by atoms with Crippen LogP contribution in [0.4, 0.5) is 0 Å². The van der Waals surface area contributed by atoms with Gasteiger partial charge in [-0.3, -0.25) is 0 Å². The first-order chi connectivity index (χ1) is 10.0. The van der Waals surface area contributed by atoms with E-state index in [0.29, 0.717) is 10.8 Å². The maximum absolute atomic E-state index is 4.12. The highest BCUT2D eigenvalue weighted by Gasteiger charge is 2.33. The predicted molar refractivity (Wildman–Crippen MR) is 98.8 cm³/mol. The van der Waals surface area contributed by atoms with E-state index in [0.717, 1.165) is 0 Å². The SMILES string of the molecule is C=CC(c1ccccc1)[C@H](Sc1ccccc1)[Si](C)(C)C. The molecule has 0 amide bonds. The first-order valence-electron chi connectivity index (χ1n) is 7.41. The smallest absolute Gasteiger partial charge is 0.0603 e. The lowest BCUT2D eigenvalue weighted by Crippen LogP contribution is -2.39. The number of rotatable bonds is 6. The Hall–Kier alpha value is -1.25. The molecule has 0 saturated heterocycles. The Balaban J connectivity index is 2.33. The van der Waals surface area contributed by atoms with Gasteiger partial charge in [-0.15, -0.1) is 18.3 Å². The summed E-state index contributed by atoms with van der Waals surface area (Å²) >= 11 is 2.01. The lowest BCUT2D eigenvalue weighted by atomic mass is 10.0. The molecule has 110 valence electrons. The highest BCUT2D eigenvalue weighted by molar-refractivity contribution is 8.01. The Morgan fingerprint density at radius 1 is 0.905 bits per heavy atom. The summed E-state index contributed by atoms with van der Waals surface area (Å²) in [6.45, 7) is 11.5. The zero-order valence-corrected chi connectivity index (χ0v) is 14.9. The average Bonchev–Trinajstić information content (AvgIpc) is 2.48. The fraction of sp³-hybridized carbons (Fsp3) is 0.263. The molecule has 0 radical (unpaired) electrons. The van der Waals surface area contributed by atoms with E-state index in [1.807, 2.05) is 11.8 Å². The Morgan fingerprint density at radius 2 is 1.43 bits per heavy atom. The van der Waals surface area contributed by atoms with Crippen LogP contribution in [0.2, 0.25) is 19.6 Å². The molecule has 0 aliphatic heterocycles. The topological polar surface area (TPSA) is 0 Å². The van der Waals surface area contributed by atoms with Gasteiger partial charge in [-0.25, -0.2) is 0 Å². The quantitative estimate of drug-likeness (QED) is 0.358. The van der Waals surface area contributed by atoms with Gasteiger partial charge in [0.1, 0.15) is 0 Å². The monoisotopic (exact) mass is 312 g/mol. The minimum Gasteiger partial charge on any atom is -0.125 e. The molecule has 0 N–H and O–H groups in total. The number of benzene rings is 2. The third-order valence-electron chi connectivity index (χ3n) is 3.62. The van der Waals surface area contributed by atoms with Gasteiger partial charge >= 0.3 is 0 Å². The van der Waals surface area contributed by atoms with Crippen LogP contribution in [0.3, 0.4) is 0 Å². The fourth-order valence-electron chi connectivity index (χ4n) is 2.54. The van der Waals surface area contributed by atoms with Crippen LogP contribution in [0.1, 0.15) is 11.5 Å². The molecule has 1 unspecified atom stereocenters. The van der Waals surface area contributed by atoms with Crippen molar-refractivity contribution in [3.8, 4) is 0 Å². The molecular formula is C19H24SSi. The van der Waals surface area contributed by atoms with Gasteiger partial charge in [-0.1, -0.05) is 74.2 Å². The number of hydrogen-bond donors (Lipinski definition) is 0. The molecule has 0 fully saturated rings. The van der Waals surface area contributed by atoms with E-state index in [1.54, 1.807) is 0 Å². The molecule has 2 aromatic carbocycles. The van der Waals surface area contributed by atoms with Crippen molar-refractivity contribution < 1.29 is 0 Å². The second-order valence-corrected chi connectivity index (χ2v) is 13.4. The van der Waals surface area contributed by atoms with Gasteiger partial charge in [0.15, 0.2) is 0 Å². The van der Waals surface area contributed by atoms with Gasteiger partial charge in [0.05, 0.1) is 8.07 Å². The minimum atomic E-state index is -1.34. The van der Waals surface area contributed by atoms with Crippen LogP contribution in [0, 0.1) is 0 Å². The summed E-state index contributed by atoms with van der Waals surface area (Å²) in [5, 5.41) is 0. The van der Waals surface area contributed by atoms with Crippen molar-refractivity contribution in [1.29, 1.82) is 0 Å². The Labute approximate surface area is 134 Å². The van der Waals surface area contributed by atoms with Crippen molar-refractivity contribution >= 4 is 19.8 Å². The molecule has 21 heavy (non-hydrogen) atoms. The van der Waals surface area contributed by atoms with Gasteiger partial charge in [-0.05, 0) is 17.7 Å². The van der Waals surface area contributed by atoms with Crippen molar-refractivity contribution in [2.24, 2.45) is 0 Å². The summed E-state index contributed by atoms with van der Waals surface area (Å²) in [6, 6.07) is 21.5. The molecule has 0 nitrogen and oxygen atoms in total. The van der Waals surface area contributed by atoms with Crippen LogP contribution < -0.4 is 0 Å². The standard InChI is InChI=1S/C19H24SSi/c1-5-18(16-12-8-6-9-13-16)19(21(2,3)4)20-17-14-10-7-11-15-17/h5-15,18-19H,1H2,2-4H3/t18?,19-/m1/s1. The Morgan fingerprint density at radius 3 is 1.90 bits per heavy atom. The fourth-order valence-corrected chi connectivity index (χ4v) is 6.79. The van der Waals surface area contributed by atoms with Gasteiger partial charge < -0.3 is 0 Å². The molecule has 0 saturated carbocycles. The summed E-state index contributed by atoms with van der Waals surface area (Å²) in [5.41, 5.74) is 1.38. The molecule has 2 rings (SSSR count). The lowest BCUT2D eigenvalue weighted by Gasteiger charge is -2.34. The van der Waals surface area contributed by atoms with Crippen molar-refractivity contribution in [2.75, 3.05) is 0 Å².